The van der Waals surface area contributed by atoms with Crippen LogP contribution in [0.4, 0.5) is 38.0 Å². The number of ether oxygens (including phenoxy) is 1. The Morgan fingerprint density at radius 3 is 2.19 bits per heavy atom. The van der Waals surface area contributed by atoms with Crippen molar-refractivity contribution in [2.45, 2.75) is 36.5 Å². The zero-order chi connectivity index (χ0) is 45.0. The van der Waals surface area contributed by atoms with E-state index in [9.17, 15) is 45.8 Å². The van der Waals surface area contributed by atoms with Gasteiger partial charge in [-0.3, -0.25) is 29.6 Å². The molecule has 2 aliphatic carbocycles. The minimum absolute atomic E-state index is 0.120. The lowest BCUT2D eigenvalue weighted by Gasteiger charge is -2.50. The normalized spacial score (nSPS) is 24.8. The van der Waals surface area contributed by atoms with Crippen LogP contribution in [0.25, 0.3) is 0 Å². The third-order valence-corrected chi connectivity index (χ3v) is 13.0. The number of anilines is 2. The maximum absolute atomic E-state index is 15.4. The van der Waals surface area contributed by atoms with Crippen molar-refractivity contribution in [2.75, 3.05) is 24.6 Å². The Hall–Kier alpha value is -5.30. The van der Waals surface area contributed by atoms with Crippen LogP contribution in [0.3, 0.4) is 0 Å². The van der Waals surface area contributed by atoms with E-state index in [1.807, 2.05) is 0 Å². The van der Waals surface area contributed by atoms with E-state index in [0.29, 0.717) is 33.9 Å². The fourth-order valence-corrected chi connectivity index (χ4v) is 10.0. The Bertz CT molecular complexity index is 2620. The SMILES string of the molecule is COc1cc([C@H]2C3=CC[C@@H]4C(=O)N(N(C)c5nc(C(F)(F)F)ccc5Cl)C(=O)[C@@H]4[C@@H]3C[C@H]3C(=O)N(Nc4ncc(C(F)(F)F)cc4Cl)C(=O)[C@@]23c2ccc(Cl)cc2)cc(Cl)c1O. The molecular weight excluding hydrogens is 916 g/mol. The highest BCUT2D eigenvalue weighted by molar-refractivity contribution is 6.34. The number of carbonyl (C=O) groups is 4. The van der Waals surface area contributed by atoms with Gasteiger partial charge in [-0.05, 0) is 72.4 Å². The highest BCUT2D eigenvalue weighted by Gasteiger charge is 2.71. The lowest BCUT2D eigenvalue weighted by atomic mass is 9.49. The summed E-state index contributed by atoms with van der Waals surface area (Å²) in [6.45, 7) is 0. The number of hydrazine groups is 2. The van der Waals surface area contributed by atoms with E-state index < -0.39 is 105 Å². The number of amides is 4. The average Bonchev–Trinajstić information content (AvgIpc) is 3.59. The van der Waals surface area contributed by atoms with Crippen LogP contribution in [0, 0.1) is 23.7 Å². The van der Waals surface area contributed by atoms with Gasteiger partial charge >= 0.3 is 12.4 Å². The third kappa shape index (κ3) is 6.68. The number of pyridine rings is 2. The summed E-state index contributed by atoms with van der Waals surface area (Å²) in [5.41, 5.74) is -1.16. The number of allylic oxidation sites excluding steroid dienone is 2. The van der Waals surface area contributed by atoms with E-state index in [2.05, 4.69) is 15.4 Å². The van der Waals surface area contributed by atoms with Gasteiger partial charge in [0, 0.05) is 24.2 Å². The molecule has 2 saturated heterocycles. The molecule has 0 radical (unpaired) electrons. The summed E-state index contributed by atoms with van der Waals surface area (Å²) >= 11 is 25.4. The van der Waals surface area contributed by atoms with Crippen molar-refractivity contribution in [1.29, 1.82) is 0 Å². The number of halogens is 10. The number of imide groups is 2. The Morgan fingerprint density at radius 1 is 0.871 bits per heavy atom. The van der Waals surface area contributed by atoms with Gasteiger partial charge in [0.05, 0.1) is 50.9 Å². The van der Waals surface area contributed by atoms with Gasteiger partial charge < -0.3 is 9.84 Å². The molecule has 0 bridgehead atoms. The summed E-state index contributed by atoms with van der Waals surface area (Å²) in [6, 6.07) is 10.8. The van der Waals surface area contributed by atoms with E-state index in [4.69, 9.17) is 51.1 Å². The first kappa shape index (κ1) is 43.4. The molecule has 12 nitrogen and oxygen atoms in total. The second-order valence-electron chi connectivity index (χ2n) is 15.0. The van der Waals surface area contributed by atoms with Gasteiger partial charge in [-0.15, -0.1) is 0 Å². The lowest BCUT2D eigenvalue weighted by Crippen LogP contribution is -2.53. The van der Waals surface area contributed by atoms with Crippen LogP contribution in [-0.2, 0) is 36.9 Å². The zero-order valence-corrected chi connectivity index (χ0v) is 34.7. The Morgan fingerprint density at radius 2 is 1.56 bits per heavy atom. The maximum atomic E-state index is 15.4. The molecule has 4 aliphatic rings. The number of benzene rings is 2. The average molecular weight is 944 g/mol. The predicted octanol–water partition coefficient (Wildman–Crippen LogP) is 8.88. The molecule has 8 rings (SSSR count). The number of hydrogen-bond donors (Lipinski definition) is 2. The van der Waals surface area contributed by atoms with Crippen LogP contribution in [0.2, 0.25) is 20.1 Å². The summed E-state index contributed by atoms with van der Waals surface area (Å²) in [6.07, 6.45) is -8.02. The van der Waals surface area contributed by atoms with Crippen molar-refractivity contribution in [3.8, 4) is 11.5 Å². The number of nitrogens with one attached hydrogen (secondary N) is 1. The van der Waals surface area contributed by atoms with E-state index in [1.165, 1.54) is 43.5 Å². The fourth-order valence-electron chi connectivity index (χ4n) is 9.26. The minimum Gasteiger partial charge on any atom is -0.503 e. The van der Waals surface area contributed by atoms with E-state index in [-0.39, 0.29) is 44.8 Å². The van der Waals surface area contributed by atoms with Crippen molar-refractivity contribution in [3.05, 3.63) is 115 Å². The Kier molecular flexibility index (Phi) is 10.6. The quantitative estimate of drug-likeness (QED) is 0.105. The number of alkyl halides is 6. The lowest BCUT2D eigenvalue weighted by molar-refractivity contribution is -0.142. The molecule has 6 atom stereocenters. The number of aromatic nitrogens is 2. The van der Waals surface area contributed by atoms with E-state index in [0.717, 1.165) is 18.1 Å². The van der Waals surface area contributed by atoms with Gasteiger partial charge in [-0.25, -0.2) is 9.97 Å². The highest BCUT2D eigenvalue weighted by Crippen LogP contribution is 2.65. The molecule has 4 amide bonds. The van der Waals surface area contributed by atoms with Crippen LogP contribution in [-0.4, -0.2) is 62.9 Å². The van der Waals surface area contributed by atoms with Crippen LogP contribution < -0.4 is 15.2 Å². The number of nitrogens with zero attached hydrogens (tertiary/aromatic N) is 5. The highest BCUT2D eigenvalue weighted by atomic mass is 35.5. The topological polar surface area (TPSA) is 145 Å². The molecule has 0 spiro atoms. The third-order valence-electron chi connectivity index (χ3n) is 11.9. The summed E-state index contributed by atoms with van der Waals surface area (Å²) in [5, 5.41) is 12.0. The molecule has 0 unspecified atom stereocenters. The first-order chi connectivity index (χ1) is 29.1. The van der Waals surface area contributed by atoms with Crippen LogP contribution in [0.5, 0.6) is 11.5 Å². The minimum atomic E-state index is -4.90. The molecule has 2 aromatic heterocycles. The van der Waals surface area contributed by atoms with Gasteiger partial charge in [-0.2, -0.15) is 36.4 Å². The van der Waals surface area contributed by atoms with E-state index in [1.54, 1.807) is 6.08 Å². The first-order valence-corrected chi connectivity index (χ1v) is 19.9. The van der Waals surface area contributed by atoms with Crippen molar-refractivity contribution in [2.24, 2.45) is 23.7 Å². The van der Waals surface area contributed by atoms with Gasteiger partial charge in [0.15, 0.2) is 23.1 Å². The number of fused-ring (bicyclic) bond motifs is 4. The molecule has 2 N–H and O–H groups in total. The molecule has 62 heavy (non-hydrogen) atoms. The molecule has 2 aliphatic heterocycles. The van der Waals surface area contributed by atoms with Gasteiger partial charge in [0.1, 0.15) is 5.69 Å². The van der Waals surface area contributed by atoms with Crippen LogP contribution in [0.1, 0.15) is 41.1 Å². The molecule has 4 aromatic rings. The van der Waals surface area contributed by atoms with Crippen molar-refractivity contribution >= 4 is 81.7 Å². The number of carbonyl (C=O) groups excluding carboxylic acids is 4. The number of hydrogen-bond acceptors (Lipinski definition) is 10. The first-order valence-electron chi connectivity index (χ1n) is 18.4. The van der Waals surface area contributed by atoms with Crippen molar-refractivity contribution in [3.63, 3.8) is 0 Å². The maximum Gasteiger partial charge on any atom is 0.433 e. The van der Waals surface area contributed by atoms with E-state index >= 15 is 4.79 Å². The Labute approximate surface area is 366 Å². The second-order valence-corrected chi connectivity index (χ2v) is 16.6. The molecular formula is C40H28Cl4F6N6O6. The summed E-state index contributed by atoms with van der Waals surface area (Å²) in [7, 11) is 2.40. The molecule has 1 saturated carbocycles. The summed E-state index contributed by atoms with van der Waals surface area (Å²) < 4.78 is 87.3. The molecule has 2 aromatic carbocycles. The van der Waals surface area contributed by atoms with Crippen LogP contribution >= 0.6 is 46.4 Å². The van der Waals surface area contributed by atoms with Gasteiger partial charge in [0.25, 0.3) is 23.6 Å². The van der Waals surface area contributed by atoms with Gasteiger partial charge in [-0.1, -0.05) is 70.2 Å². The summed E-state index contributed by atoms with van der Waals surface area (Å²) in [4.78, 5) is 66.7. The standard InChI is InChI=1S/C40H28Cl4F6N6O6/c1-54(33-24(42)9-10-28(52-33)40(48,49)50)56-34(58)21-8-7-20-22(29(21)36(56)60)14-23-35(59)55(53-32-26(44)13-18(15-51-32)39(45,46)47)37(61)38(23,17-3-5-19(41)6-4-17)30(20)16-11-25(43)31(57)27(12-16)62-2/h3-7,9-13,15,21-23,29-30,57H,8,14H2,1-2H3,(H,51,53)/t21-,22+,23-,29-,30-,38+/m0/s1. The number of aromatic hydroxyl groups is 1. The summed E-state index contributed by atoms with van der Waals surface area (Å²) in [5.74, 6) is -11.2. The Balaban J connectivity index is 1.30. The van der Waals surface area contributed by atoms with Crippen molar-refractivity contribution in [1.82, 2.24) is 20.0 Å². The monoisotopic (exact) mass is 942 g/mol. The number of phenolic OH excluding ortho intramolecular Hbond substituents is 1. The number of phenols is 1. The van der Waals surface area contributed by atoms with Crippen molar-refractivity contribution < 1.29 is 55.4 Å². The molecule has 22 heteroatoms. The fraction of sp³-hybridized carbons (Fsp3) is 0.300. The smallest absolute Gasteiger partial charge is 0.433 e. The van der Waals surface area contributed by atoms with Crippen LogP contribution in [0.15, 0.2) is 72.4 Å². The molecule has 4 heterocycles. The zero-order valence-electron chi connectivity index (χ0n) is 31.7. The molecule has 3 fully saturated rings. The number of rotatable bonds is 7. The largest absolute Gasteiger partial charge is 0.503 e. The molecule has 324 valence electrons. The number of methoxy groups -OCH3 is 1. The predicted molar refractivity (Wildman–Crippen MR) is 211 cm³/mol. The van der Waals surface area contributed by atoms with Gasteiger partial charge in [0.2, 0.25) is 0 Å². The second kappa shape index (κ2) is 15.2.